The number of nitrogen functional groups attached to an aromatic ring is 1. The molecule has 2 aliphatic heterocycles. The first-order valence-electron chi connectivity index (χ1n) is 7.54. The van der Waals surface area contributed by atoms with Crippen LogP contribution in [0.1, 0.15) is 25.6 Å². The van der Waals surface area contributed by atoms with Crippen LogP contribution in [0.4, 0.5) is 5.82 Å². The maximum atomic E-state index is 9.77. The monoisotopic (exact) mass is 331 g/mol. The van der Waals surface area contributed by atoms with Crippen molar-refractivity contribution in [2.24, 2.45) is 0 Å². The van der Waals surface area contributed by atoms with E-state index in [2.05, 4.69) is 10.1 Å². The van der Waals surface area contributed by atoms with E-state index in [0.717, 1.165) is 0 Å². The van der Waals surface area contributed by atoms with Crippen LogP contribution in [0.15, 0.2) is 18.5 Å². The third-order valence-electron chi connectivity index (χ3n) is 4.45. The average Bonchev–Trinajstić information content (AvgIpc) is 3.18. The number of aromatic nitrogens is 3. The fourth-order valence-corrected chi connectivity index (χ4v) is 3.40. The van der Waals surface area contributed by atoms with Crippen LogP contribution in [0.3, 0.4) is 0 Å². The molecule has 0 radical (unpaired) electrons. The Kier molecular flexibility index (Phi) is 3.10. The van der Waals surface area contributed by atoms with Gasteiger partial charge in [-0.05, 0) is 26.0 Å². The third kappa shape index (κ3) is 1.94. The number of aliphatic hydroxyl groups is 1. The first-order valence-corrected chi connectivity index (χ1v) is 7.54. The van der Waals surface area contributed by atoms with Crippen LogP contribution in [-0.2, 0) is 14.2 Å². The van der Waals surface area contributed by atoms with Crippen molar-refractivity contribution in [1.29, 1.82) is 5.26 Å². The molecule has 2 saturated heterocycles. The molecule has 4 atom stereocenters. The van der Waals surface area contributed by atoms with E-state index >= 15 is 0 Å². The zero-order chi connectivity index (χ0) is 17.1. The molecular formula is C15H17N5O4. The van der Waals surface area contributed by atoms with Crippen LogP contribution in [-0.4, -0.2) is 49.9 Å². The summed E-state index contributed by atoms with van der Waals surface area (Å²) < 4.78 is 19.3. The minimum atomic E-state index is -1.49. The summed E-state index contributed by atoms with van der Waals surface area (Å²) >= 11 is 0. The van der Waals surface area contributed by atoms with Crippen molar-refractivity contribution in [3.63, 3.8) is 0 Å². The Balaban J connectivity index is 1.83. The molecule has 2 aromatic heterocycles. The number of hydrogen-bond donors (Lipinski definition) is 2. The molecule has 4 heterocycles. The molecule has 3 N–H and O–H groups in total. The summed E-state index contributed by atoms with van der Waals surface area (Å²) in [4.78, 5) is 3.95. The molecule has 126 valence electrons. The van der Waals surface area contributed by atoms with Crippen molar-refractivity contribution in [2.45, 2.75) is 43.5 Å². The lowest BCUT2D eigenvalue weighted by Crippen LogP contribution is -2.45. The van der Waals surface area contributed by atoms with Gasteiger partial charge in [0.2, 0.25) is 5.60 Å². The quantitative estimate of drug-likeness (QED) is 0.796. The molecule has 2 aromatic rings. The van der Waals surface area contributed by atoms with Gasteiger partial charge >= 0.3 is 0 Å². The number of nitriles is 1. The predicted molar refractivity (Wildman–Crippen MR) is 80.5 cm³/mol. The summed E-state index contributed by atoms with van der Waals surface area (Å²) in [6.45, 7) is 3.03. The van der Waals surface area contributed by atoms with E-state index in [9.17, 15) is 10.4 Å². The van der Waals surface area contributed by atoms with Gasteiger partial charge in [0.1, 0.15) is 36.2 Å². The van der Waals surface area contributed by atoms with Crippen molar-refractivity contribution in [3.05, 3.63) is 24.2 Å². The number of anilines is 1. The second-order valence-corrected chi connectivity index (χ2v) is 6.42. The SMILES string of the molecule is CC1(C)O[C@H]2C(c3ccc4c(N)ncnn34)O[C@](C#N)(CO)[C@H]2O1. The number of ether oxygens (including phenoxy) is 3. The molecule has 0 amide bonds. The van der Waals surface area contributed by atoms with Crippen LogP contribution < -0.4 is 5.73 Å². The molecule has 9 nitrogen and oxygen atoms in total. The van der Waals surface area contributed by atoms with Crippen LogP contribution in [0.5, 0.6) is 0 Å². The normalized spacial score (nSPS) is 34.3. The molecule has 2 fully saturated rings. The second kappa shape index (κ2) is 4.87. The molecule has 0 bridgehead atoms. The molecule has 1 unspecified atom stereocenters. The van der Waals surface area contributed by atoms with E-state index in [4.69, 9.17) is 19.9 Å². The summed E-state index contributed by atoms with van der Waals surface area (Å²) in [7, 11) is 0. The molecule has 4 rings (SSSR count). The molecular weight excluding hydrogens is 314 g/mol. The lowest BCUT2D eigenvalue weighted by molar-refractivity contribution is -0.205. The van der Waals surface area contributed by atoms with E-state index < -0.39 is 36.3 Å². The highest BCUT2D eigenvalue weighted by atomic mass is 16.8. The lowest BCUT2D eigenvalue weighted by atomic mass is 9.96. The van der Waals surface area contributed by atoms with Gasteiger partial charge in [-0.25, -0.2) is 9.50 Å². The Morgan fingerprint density at radius 3 is 2.88 bits per heavy atom. The maximum absolute atomic E-state index is 9.77. The summed E-state index contributed by atoms with van der Waals surface area (Å²) in [5.41, 5.74) is 5.65. The molecule has 0 saturated carbocycles. The summed E-state index contributed by atoms with van der Waals surface area (Å²) in [6, 6.07) is 5.61. The Morgan fingerprint density at radius 2 is 2.17 bits per heavy atom. The first-order chi connectivity index (χ1) is 11.4. The van der Waals surface area contributed by atoms with Crippen LogP contribution in [0.25, 0.3) is 5.52 Å². The largest absolute Gasteiger partial charge is 0.392 e. The highest BCUT2D eigenvalue weighted by Gasteiger charge is 2.64. The third-order valence-corrected chi connectivity index (χ3v) is 4.45. The predicted octanol–water partition coefficient (Wildman–Crippen LogP) is 0.158. The highest BCUT2D eigenvalue weighted by Crippen LogP contribution is 2.49. The minimum absolute atomic E-state index is 0.337. The summed E-state index contributed by atoms with van der Waals surface area (Å²) in [5, 5.41) is 23.6. The maximum Gasteiger partial charge on any atom is 0.206 e. The molecule has 0 aromatic carbocycles. The smallest absolute Gasteiger partial charge is 0.206 e. The van der Waals surface area contributed by atoms with E-state index in [1.54, 1.807) is 30.5 Å². The van der Waals surface area contributed by atoms with Crippen molar-refractivity contribution in [3.8, 4) is 6.07 Å². The number of hydrogen-bond acceptors (Lipinski definition) is 8. The molecule has 0 spiro atoms. The Labute approximate surface area is 137 Å². The minimum Gasteiger partial charge on any atom is -0.392 e. The zero-order valence-electron chi connectivity index (χ0n) is 13.2. The number of nitrogens with two attached hydrogens (primary N) is 1. The van der Waals surface area contributed by atoms with Crippen LogP contribution in [0.2, 0.25) is 0 Å². The molecule has 2 aliphatic rings. The average molecular weight is 331 g/mol. The van der Waals surface area contributed by atoms with E-state index in [-0.39, 0.29) is 0 Å². The van der Waals surface area contributed by atoms with Gasteiger partial charge in [-0.1, -0.05) is 0 Å². The van der Waals surface area contributed by atoms with Crippen molar-refractivity contribution in [1.82, 2.24) is 14.6 Å². The van der Waals surface area contributed by atoms with Gasteiger partial charge in [-0.15, -0.1) is 0 Å². The van der Waals surface area contributed by atoms with Gasteiger partial charge in [-0.3, -0.25) is 0 Å². The lowest BCUT2D eigenvalue weighted by Gasteiger charge is -2.27. The zero-order valence-corrected chi connectivity index (χ0v) is 13.2. The van der Waals surface area contributed by atoms with E-state index in [1.165, 1.54) is 6.33 Å². The second-order valence-electron chi connectivity index (χ2n) is 6.42. The van der Waals surface area contributed by atoms with E-state index in [1.807, 2.05) is 6.07 Å². The number of aliphatic hydroxyl groups excluding tert-OH is 1. The fraction of sp³-hybridized carbons (Fsp3) is 0.533. The fourth-order valence-electron chi connectivity index (χ4n) is 3.40. The standard InChI is InChI=1S/C15H17N5O4/c1-14(2)22-11-10(23-15(5-16,6-21)12(11)24-14)8-3-4-9-13(17)18-7-19-20(8)9/h3-4,7,10-12,21H,6H2,1-2H3,(H2,17,18,19)/t10?,11-,12-,15+/m0/s1. The van der Waals surface area contributed by atoms with Gasteiger partial charge < -0.3 is 25.1 Å². The van der Waals surface area contributed by atoms with E-state index in [0.29, 0.717) is 17.0 Å². The van der Waals surface area contributed by atoms with Gasteiger partial charge in [0.05, 0.1) is 12.3 Å². The Hall–Kier alpha value is -2.25. The van der Waals surface area contributed by atoms with Crippen LogP contribution in [0, 0.1) is 11.3 Å². The van der Waals surface area contributed by atoms with Gasteiger partial charge in [0.15, 0.2) is 11.6 Å². The molecule has 0 aliphatic carbocycles. The molecule has 9 heteroatoms. The van der Waals surface area contributed by atoms with Crippen molar-refractivity contribution < 1.29 is 19.3 Å². The molecule has 24 heavy (non-hydrogen) atoms. The first kappa shape index (κ1) is 15.3. The number of nitrogens with zero attached hydrogens (tertiary/aromatic N) is 4. The Morgan fingerprint density at radius 1 is 1.38 bits per heavy atom. The summed E-state index contributed by atoms with van der Waals surface area (Å²) in [6.07, 6.45) is -0.559. The highest BCUT2D eigenvalue weighted by molar-refractivity contribution is 5.65. The number of fused-ring (bicyclic) bond motifs is 2. The summed E-state index contributed by atoms with van der Waals surface area (Å²) in [5.74, 6) is -0.543. The topological polar surface area (TPSA) is 128 Å². The van der Waals surface area contributed by atoms with Crippen molar-refractivity contribution in [2.75, 3.05) is 12.3 Å². The van der Waals surface area contributed by atoms with Gasteiger partial charge in [0, 0.05) is 0 Å². The van der Waals surface area contributed by atoms with Gasteiger partial charge in [-0.2, -0.15) is 10.4 Å². The Bertz CT molecular complexity index is 844. The van der Waals surface area contributed by atoms with Crippen molar-refractivity contribution >= 4 is 11.3 Å². The number of rotatable bonds is 2. The van der Waals surface area contributed by atoms with Gasteiger partial charge in [0.25, 0.3) is 0 Å². The van der Waals surface area contributed by atoms with Crippen LogP contribution >= 0.6 is 0 Å².